The Morgan fingerprint density at radius 3 is 2.55 bits per heavy atom. The molecule has 0 radical (unpaired) electrons. The third-order valence-corrected chi connectivity index (χ3v) is 7.84. The lowest BCUT2D eigenvalue weighted by atomic mass is 9.92. The highest BCUT2D eigenvalue weighted by molar-refractivity contribution is 7.98. The maximum absolute atomic E-state index is 6.27. The molecule has 1 unspecified atom stereocenters. The van der Waals surface area contributed by atoms with Crippen molar-refractivity contribution in [2.24, 2.45) is 5.92 Å². The number of halogens is 1. The SMILES string of the molecule is CSc1ccc(-c2ccc3nc(OC(C)C4CCN(c5cnc(Cl)cn5)CC4)sc3n2)cc1. The van der Waals surface area contributed by atoms with Crippen molar-refractivity contribution in [3.8, 4) is 16.5 Å². The van der Waals surface area contributed by atoms with E-state index in [0.717, 1.165) is 53.4 Å². The summed E-state index contributed by atoms with van der Waals surface area (Å²) in [6.07, 6.45) is 7.57. The summed E-state index contributed by atoms with van der Waals surface area (Å²) in [5, 5.41) is 1.10. The number of nitrogens with zero attached hydrogens (tertiary/aromatic N) is 5. The Kier molecular flexibility index (Phi) is 6.66. The monoisotopic (exact) mass is 497 g/mol. The predicted octanol–water partition coefficient (Wildman–Crippen LogP) is 6.21. The van der Waals surface area contributed by atoms with E-state index in [1.807, 2.05) is 12.1 Å². The van der Waals surface area contributed by atoms with Crippen LogP contribution < -0.4 is 9.64 Å². The van der Waals surface area contributed by atoms with Gasteiger partial charge in [-0.05, 0) is 56.2 Å². The molecule has 1 aliphatic heterocycles. The summed E-state index contributed by atoms with van der Waals surface area (Å²) in [6, 6.07) is 12.5. The Labute approximate surface area is 206 Å². The summed E-state index contributed by atoms with van der Waals surface area (Å²) < 4.78 is 6.27. The lowest BCUT2D eigenvalue weighted by molar-refractivity contribution is 0.132. The molecule has 170 valence electrons. The molecule has 9 heteroatoms. The maximum atomic E-state index is 6.27. The zero-order valence-electron chi connectivity index (χ0n) is 18.4. The summed E-state index contributed by atoms with van der Waals surface area (Å²) in [6.45, 7) is 3.99. The van der Waals surface area contributed by atoms with E-state index in [-0.39, 0.29) is 6.10 Å². The number of piperidine rings is 1. The molecule has 0 N–H and O–H groups in total. The Morgan fingerprint density at radius 1 is 1.06 bits per heavy atom. The molecule has 6 nitrogen and oxygen atoms in total. The molecule has 0 bridgehead atoms. The number of aromatic nitrogens is 4. The quantitative estimate of drug-likeness (QED) is 0.293. The summed E-state index contributed by atoms with van der Waals surface area (Å²) in [4.78, 5) is 22.4. The number of hydrogen-bond donors (Lipinski definition) is 0. The highest BCUT2D eigenvalue weighted by atomic mass is 35.5. The minimum absolute atomic E-state index is 0.0857. The van der Waals surface area contributed by atoms with E-state index in [1.165, 1.54) is 16.2 Å². The van der Waals surface area contributed by atoms with Crippen LogP contribution in [0, 0.1) is 5.92 Å². The molecule has 1 atom stereocenters. The minimum Gasteiger partial charge on any atom is -0.467 e. The second-order valence-electron chi connectivity index (χ2n) is 8.07. The Hall–Kier alpha value is -2.42. The van der Waals surface area contributed by atoms with E-state index in [9.17, 15) is 0 Å². The molecule has 1 aliphatic rings. The number of pyridine rings is 1. The smallest absolute Gasteiger partial charge is 0.276 e. The molecule has 1 saturated heterocycles. The summed E-state index contributed by atoms with van der Waals surface area (Å²) in [5.41, 5.74) is 2.94. The molecule has 1 fully saturated rings. The first-order valence-electron chi connectivity index (χ1n) is 10.9. The van der Waals surface area contributed by atoms with Gasteiger partial charge in [0, 0.05) is 23.5 Å². The number of thiazole rings is 1. The van der Waals surface area contributed by atoms with E-state index < -0.39 is 0 Å². The molecule has 33 heavy (non-hydrogen) atoms. The van der Waals surface area contributed by atoms with Gasteiger partial charge in [-0.25, -0.2) is 19.9 Å². The van der Waals surface area contributed by atoms with Gasteiger partial charge in [0.15, 0.2) is 0 Å². The topological polar surface area (TPSA) is 64.0 Å². The Morgan fingerprint density at radius 2 is 1.85 bits per heavy atom. The van der Waals surface area contributed by atoms with Crippen LogP contribution in [0.4, 0.5) is 5.82 Å². The van der Waals surface area contributed by atoms with Crippen molar-refractivity contribution in [2.45, 2.75) is 30.8 Å². The van der Waals surface area contributed by atoms with Crippen LogP contribution in [0.15, 0.2) is 53.7 Å². The van der Waals surface area contributed by atoms with Crippen LogP contribution in [0.2, 0.25) is 5.15 Å². The lowest BCUT2D eigenvalue weighted by Gasteiger charge is -2.34. The summed E-state index contributed by atoms with van der Waals surface area (Å²) in [5.74, 6) is 1.34. The molecule has 0 aliphatic carbocycles. The lowest BCUT2D eigenvalue weighted by Crippen LogP contribution is -2.39. The van der Waals surface area contributed by atoms with Crippen LogP contribution in [-0.4, -0.2) is 45.4 Å². The van der Waals surface area contributed by atoms with Crippen LogP contribution in [0.3, 0.4) is 0 Å². The molecule has 5 rings (SSSR count). The third-order valence-electron chi connectivity index (χ3n) is 6.04. The van der Waals surface area contributed by atoms with Crippen molar-refractivity contribution in [3.05, 3.63) is 53.9 Å². The standard InChI is InChI=1S/C24H24ClN5OS2/c1-15(16-9-11-30(12-10-16)22-14-26-21(25)13-27-22)31-24-29-20-8-7-19(28-23(20)33-24)17-3-5-18(32-2)6-4-17/h3-8,13-16H,9-12H2,1-2H3. The zero-order chi connectivity index (χ0) is 22.8. The Bertz CT molecular complexity index is 1220. The number of thioether (sulfide) groups is 1. The van der Waals surface area contributed by atoms with Crippen molar-refractivity contribution >= 4 is 50.9 Å². The van der Waals surface area contributed by atoms with Gasteiger partial charge in [-0.1, -0.05) is 35.1 Å². The van der Waals surface area contributed by atoms with Crippen LogP contribution in [0.25, 0.3) is 21.6 Å². The minimum atomic E-state index is 0.0857. The molecule has 0 saturated carbocycles. The Balaban J connectivity index is 1.23. The van der Waals surface area contributed by atoms with Gasteiger partial charge >= 0.3 is 0 Å². The van der Waals surface area contributed by atoms with E-state index in [2.05, 4.69) is 57.3 Å². The number of hydrogen-bond acceptors (Lipinski definition) is 8. The zero-order valence-corrected chi connectivity index (χ0v) is 20.8. The largest absolute Gasteiger partial charge is 0.467 e. The van der Waals surface area contributed by atoms with Gasteiger partial charge in [-0.15, -0.1) is 11.8 Å². The number of fused-ring (bicyclic) bond motifs is 1. The van der Waals surface area contributed by atoms with Crippen molar-refractivity contribution in [2.75, 3.05) is 24.2 Å². The van der Waals surface area contributed by atoms with Crippen molar-refractivity contribution < 1.29 is 4.74 Å². The first-order valence-corrected chi connectivity index (χ1v) is 13.3. The van der Waals surface area contributed by atoms with E-state index in [4.69, 9.17) is 21.3 Å². The van der Waals surface area contributed by atoms with Gasteiger partial charge in [0.25, 0.3) is 5.19 Å². The highest BCUT2D eigenvalue weighted by Gasteiger charge is 2.26. The molecule has 4 aromatic rings. The normalized spacial score (nSPS) is 15.7. The van der Waals surface area contributed by atoms with Crippen LogP contribution in [0.1, 0.15) is 19.8 Å². The van der Waals surface area contributed by atoms with Crippen molar-refractivity contribution in [1.82, 2.24) is 19.9 Å². The molecular formula is C24H24ClN5OS2. The van der Waals surface area contributed by atoms with Gasteiger partial charge in [-0.2, -0.15) is 0 Å². The summed E-state index contributed by atoms with van der Waals surface area (Å²) in [7, 11) is 0. The molecule has 1 aromatic carbocycles. The number of benzene rings is 1. The van der Waals surface area contributed by atoms with Gasteiger partial charge < -0.3 is 9.64 Å². The molecule has 0 amide bonds. The fourth-order valence-electron chi connectivity index (χ4n) is 4.09. The fraction of sp³-hybridized carbons (Fsp3) is 0.333. The van der Waals surface area contributed by atoms with Crippen LogP contribution in [-0.2, 0) is 0 Å². The van der Waals surface area contributed by atoms with Crippen molar-refractivity contribution in [1.29, 1.82) is 0 Å². The second kappa shape index (κ2) is 9.83. The van der Waals surface area contributed by atoms with Crippen LogP contribution >= 0.6 is 34.7 Å². The van der Waals surface area contributed by atoms with E-state index >= 15 is 0 Å². The first kappa shape index (κ1) is 22.4. The van der Waals surface area contributed by atoms with Crippen LogP contribution in [0.5, 0.6) is 5.19 Å². The number of rotatable bonds is 6. The van der Waals surface area contributed by atoms with Gasteiger partial charge in [0.1, 0.15) is 27.4 Å². The van der Waals surface area contributed by atoms with E-state index in [1.54, 1.807) is 24.2 Å². The molecule has 0 spiro atoms. The van der Waals surface area contributed by atoms with Gasteiger partial charge in [0.05, 0.1) is 18.1 Å². The first-order chi connectivity index (χ1) is 16.1. The second-order valence-corrected chi connectivity index (χ2v) is 10.3. The summed E-state index contributed by atoms with van der Waals surface area (Å²) >= 11 is 9.11. The highest BCUT2D eigenvalue weighted by Crippen LogP contribution is 2.32. The maximum Gasteiger partial charge on any atom is 0.276 e. The number of ether oxygens (including phenoxy) is 1. The van der Waals surface area contributed by atoms with E-state index in [0.29, 0.717) is 16.3 Å². The van der Waals surface area contributed by atoms with Gasteiger partial charge in [-0.3, -0.25) is 0 Å². The fourth-order valence-corrected chi connectivity index (χ4v) is 5.47. The third kappa shape index (κ3) is 5.08. The predicted molar refractivity (Wildman–Crippen MR) is 137 cm³/mol. The number of anilines is 1. The van der Waals surface area contributed by atoms with Gasteiger partial charge in [0.2, 0.25) is 0 Å². The average Bonchev–Trinajstić information content (AvgIpc) is 3.26. The van der Waals surface area contributed by atoms with Crippen molar-refractivity contribution in [3.63, 3.8) is 0 Å². The average molecular weight is 498 g/mol. The molecule has 3 aromatic heterocycles. The molecular weight excluding hydrogens is 474 g/mol. The molecule has 4 heterocycles.